The van der Waals surface area contributed by atoms with E-state index in [1.807, 2.05) is 13.1 Å². The van der Waals surface area contributed by atoms with Crippen molar-refractivity contribution in [1.82, 2.24) is 15.1 Å². The lowest BCUT2D eigenvalue weighted by atomic mass is 9.95. The maximum Gasteiger partial charge on any atom is 0.222 e. The maximum atomic E-state index is 12.0. The van der Waals surface area contributed by atoms with E-state index in [2.05, 4.69) is 10.2 Å². The Morgan fingerprint density at radius 2 is 2.50 bits per heavy atom. The van der Waals surface area contributed by atoms with Gasteiger partial charge in [0.25, 0.3) is 0 Å². The topological polar surface area (TPSA) is 69.2 Å². The van der Waals surface area contributed by atoms with Crippen molar-refractivity contribution in [2.75, 3.05) is 13.1 Å². The molecule has 1 aliphatic rings. The number of carbonyl (C=O) groups excluding carboxylic acids is 1. The zero-order valence-corrected chi connectivity index (χ0v) is 11.0. The molecule has 1 saturated heterocycles. The molecule has 2 atom stereocenters. The molecule has 0 bridgehead atoms. The molecule has 0 aliphatic carbocycles. The van der Waals surface area contributed by atoms with E-state index in [0.717, 1.165) is 18.4 Å². The second-order valence-electron chi connectivity index (χ2n) is 5.49. The van der Waals surface area contributed by atoms with Crippen LogP contribution in [0.5, 0.6) is 0 Å². The summed E-state index contributed by atoms with van der Waals surface area (Å²) in [5.74, 6) is 0.290. The molecule has 5 heteroatoms. The van der Waals surface area contributed by atoms with Crippen LogP contribution in [0.15, 0.2) is 12.4 Å². The van der Waals surface area contributed by atoms with Crippen LogP contribution in [-0.4, -0.2) is 44.8 Å². The molecule has 2 heterocycles. The number of aromatic nitrogens is 2. The van der Waals surface area contributed by atoms with Crippen LogP contribution in [0.25, 0.3) is 0 Å². The summed E-state index contributed by atoms with van der Waals surface area (Å²) in [6.07, 6.45) is 5.86. The number of H-pyrrole nitrogens is 1. The molecule has 1 fully saturated rings. The molecule has 2 rings (SSSR count). The molecule has 100 valence electrons. The number of nitrogens with zero attached hydrogens (tertiary/aromatic N) is 2. The van der Waals surface area contributed by atoms with Gasteiger partial charge >= 0.3 is 0 Å². The molecule has 2 N–H and O–H groups in total. The van der Waals surface area contributed by atoms with E-state index in [1.165, 1.54) is 0 Å². The quantitative estimate of drug-likeness (QED) is 0.837. The minimum atomic E-state index is -0.736. The van der Waals surface area contributed by atoms with Crippen molar-refractivity contribution in [3.8, 4) is 0 Å². The summed E-state index contributed by atoms with van der Waals surface area (Å²) < 4.78 is 0. The molecular formula is C13H21N3O2. The van der Waals surface area contributed by atoms with Gasteiger partial charge in [0, 0.05) is 31.6 Å². The van der Waals surface area contributed by atoms with Crippen molar-refractivity contribution in [1.29, 1.82) is 0 Å². The van der Waals surface area contributed by atoms with E-state index in [-0.39, 0.29) is 11.8 Å². The fourth-order valence-electron chi connectivity index (χ4n) is 2.34. The van der Waals surface area contributed by atoms with E-state index in [1.54, 1.807) is 18.0 Å². The predicted octanol–water partition coefficient (Wildman–Crippen LogP) is 0.962. The number of aliphatic hydroxyl groups is 1. The number of amides is 1. The van der Waals surface area contributed by atoms with Gasteiger partial charge in [0.1, 0.15) is 0 Å². The standard InChI is InChI=1S/C13H21N3O2/c1-10-8-16(9-13(10,2)18)12(17)5-3-4-11-6-14-15-7-11/h6-7,10,18H,3-5,8-9H2,1-2H3,(H,14,15)/t10-,13+/m0/s1. The highest BCUT2D eigenvalue weighted by Crippen LogP contribution is 2.27. The predicted molar refractivity (Wildman–Crippen MR) is 67.9 cm³/mol. The Balaban J connectivity index is 1.76. The number of hydrogen-bond acceptors (Lipinski definition) is 3. The fraction of sp³-hybridized carbons (Fsp3) is 0.692. The van der Waals surface area contributed by atoms with Crippen LogP contribution in [0.3, 0.4) is 0 Å². The third-order valence-electron chi connectivity index (χ3n) is 3.83. The molecule has 1 amide bonds. The Hall–Kier alpha value is -1.36. The maximum absolute atomic E-state index is 12.0. The lowest BCUT2D eigenvalue weighted by Crippen LogP contribution is -2.35. The van der Waals surface area contributed by atoms with Crippen LogP contribution in [0.1, 0.15) is 32.3 Å². The number of likely N-dealkylation sites (tertiary alicyclic amines) is 1. The zero-order valence-electron chi connectivity index (χ0n) is 11.0. The minimum absolute atomic E-state index is 0.142. The second-order valence-corrected chi connectivity index (χ2v) is 5.49. The second kappa shape index (κ2) is 5.10. The van der Waals surface area contributed by atoms with Crippen molar-refractivity contribution in [3.63, 3.8) is 0 Å². The fourth-order valence-corrected chi connectivity index (χ4v) is 2.34. The number of hydrogen-bond donors (Lipinski definition) is 2. The van der Waals surface area contributed by atoms with Crippen molar-refractivity contribution < 1.29 is 9.90 Å². The SMILES string of the molecule is C[C@H]1CN(C(=O)CCCc2cn[nH]c2)C[C@@]1(C)O. The summed E-state index contributed by atoms with van der Waals surface area (Å²) in [7, 11) is 0. The number of rotatable bonds is 4. The van der Waals surface area contributed by atoms with Gasteiger partial charge in [-0.2, -0.15) is 5.10 Å². The molecule has 5 nitrogen and oxygen atoms in total. The van der Waals surface area contributed by atoms with Crippen molar-refractivity contribution in [3.05, 3.63) is 18.0 Å². The third-order valence-corrected chi connectivity index (χ3v) is 3.83. The van der Waals surface area contributed by atoms with Crippen molar-refractivity contribution >= 4 is 5.91 Å². The lowest BCUT2D eigenvalue weighted by Gasteiger charge is -2.20. The van der Waals surface area contributed by atoms with Crippen LogP contribution in [0.2, 0.25) is 0 Å². The van der Waals surface area contributed by atoms with Gasteiger partial charge in [-0.15, -0.1) is 0 Å². The van der Waals surface area contributed by atoms with Crippen LogP contribution < -0.4 is 0 Å². The summed E-state index contributed by atoms with van der Waals surface area (Å²) in [5, 5.41) is 16.7. The van der Waals surface area contributed by atoms with E-state index >= 15 is 0 Å². The van der Waals surface area contributed by atoms with Crippen LogP contribution >= 0.6 is 0 Å². The summed E-state index contributed by atoms with van der Waals surface area (Å²) in [5.41, 5.74) is 0.393. The first kappa shape index (κ1) is 13.1. The van der Waals surface area contributed by atoms with Crippen LogP contribution in [0.4, 0.5) is 0 Å². The first-order chi connectivity index (χ1) is 8.49. The molecule has 1 aromatic rings. The van der Waals surface area contributed by atoms with E-state index < -0.39 is 5.60 Å². The van der Waals surface area contributed by atoms with Gasteiger partial charge in [0.2, 0.25) is 5.91 Å². The molecule has 0 radical (unpaired) electrons. The van der Waals surface area contributed by atoms with Gasteiger partial charge < -0.3 is 10.0 Å². The monoisotopic (exact) mass is 251 g/mol. The summed E-state index contributed by atoms with van der Waals surface area (Å²) >= 11 is 0. The van der Waals surface area contributed by atoms with Gasteiger partial charge in [-0.3, -0.25) is 9.89 Å². The van der Waals surface area contributed by atoms with Gasteiger partial charge in [-0.1, -0.05) is 6.92 Å². The number of carbonyl (C=O) groups is 1. The number of aromatic amines is 1. The Labute approximate surface area is 107 Å². The average molecular weight is 251 g/mol. The number of β-amino-alcohol motifs (C(OH)–C–C–N with tert-alkyl or cyclic N) is 1. The first-order valence-electron chi connectivity index (χ1n) is 6.47. The Morgan fingerprint density at radius 3 is 3.06 bits per heavy atom. The highest BCUT2D eigenvalue weighted by atomic mass is 16.3. The van der Waals surface area contributed by atoms with Gasteiger partial charge in [-0.05, 0) is 25.3 Å². The number of aryl methyl sites for hydroxylation is 1. The Kier molecular flexibility index (Phi) is 3.71. The molecule has 0 aromatic carbocycles. The molecule has 1 aliphatic heterocycles. The highest BCUT2D eigenvalue weighted by Gasteiger charge is 2.40. The van der Waals surface area contributed by atoms with Crippen LogP contribution in [0, 0.1) is 5.92 Å². The van der Waals surface area contributed by atoms with Gasteiger partial charge in [0.05, 0.1) is 11.8 Å². The summed E-state index contributed by atoms with van der Waals surface area (Å²) in [6, 6.07) is 0. The summed E-state index contributed by atoms with van der Waals surface area (Å²) in [4.78, 5) is 13.8. The van der Waals surface area contributed by atoms with Crippen molar-refractivity contribution in [2.24, 2.45) is 5.92 Å². The molecule has 1 aromatic heterocycles. The largest absolute Gasteiger partial charge is 0.388 e. The van der Waals surface area contributed by atoms with E-state index in [4.69, 9.17) is 0 Å². The van der Waals surface area contributed by atoms with E-state index in [9.17, 15) is 9.90 Å². The van der Waals surface area contributed by atoms with Crippen LogP contribution in [-0.2, 0) is 11.2 Å². The minimum Gasteiger partial charge on any atom is -0.388 e. The molecule has 0 spiro atoms. The normalized spacial score (nSPS) is 27.7. The molecule has 18 heavy (non-hydrogen) atoms. The van der Waals surface area contributed by atoms with E-state index in [0.29, 0.717) is 19.5 Å². The lowest BCUT2D eigenvalue weighted by molar-refractivity contribution is -0.131. The summed E-state index contributed by atoms with van der Waals surface area (Å²) in [6.45, 7) is 4.91. The molecule has 0 unspecified atom stereocenters. The van der Waals surface area contributed by atoms with Gasteiger partial charge in [0.15, 0.2) is 0 Å². The molecular weight excluding hydrogens is 230 g/mol. The Bertz CT molecular complexity index is 400. The smallest absolute Gasteiger partial charge is 0.222 e. The zero-order chi connectivity index (χ0) is 13.2. The average Bonchev–Trinajstić information content (AvgIpc) is 2.88. The highest BCUT2D eigenvalue weighted by molar-refractivity contribution is 5.76. The third kappa shape index (κ3) is 2.90. The molecule has 0 saturated carbocycles. The van der Waals surface area contributed by atoms with Crippen molar-refractivity contribution in [2.45, 2.75) is 38.7 Å². The number of nitrogens with one attached hydrogen (secondary N) is 1. The first-order valence-corrected chi connectivity index (χ1v) is 6.47. The van der Waals surface area contributed by atoms with Gasteiger partial charge in [-0.25, -0.2) is 0 Å². The Morgan fingerprint density at radius 1 is 1.72 bits per heavy atom.